The first-order chi connectivity index (χ1) is 9.15. The summed E-state index contributed by atoms with van der Waals surface area (Å²) in [6.45, 7) is 0. The first-order valence-corrected chi connectivity index (χ1v) is 8.71. The molecular weight excluding hydrogens is 300 g/mol. The monoisotopic (exact) mass is 316 g/mol. The van der Waals surface area contributed by atoms with E-state index < -0.39 is 5.97 Å². The van der Waals surface area contributed by atoms with Crippen molar-refractivity contribution >= 4 is 41.1 Å². The predicted molar refractivity (Wildman–Crippen MR) is 83.4 cm³/mol. The van der Waals surface area contributed by atoms with Gasteiger partial charge in [0, 0.05) is 20.4 Å². The van der Waals surface area contributed by atoms with Gasteiger partial charge in [-0.3, -0.25) is 4.79 Å². The maximum absolute atomic E-state index is 10.7. The van der Waals surface area contributed by atoms with Crippen LogP contribution >= 0.6 is 35.1 Å². The van der Waals surface area contributed by atoms with E-state index in [0.717, 1.165) is 17.9 Å². The van der Waals surface area contributed by atoms with Gasteiger partial charge in [-0.15, -0.1) is 23.5 Å². The Hall–Kier alpha value is -0.320. The number of thioether (sulfide) groups is 2. The summed E-state index contributed by atoms with van der Waals surface area (Å²) in [4.78, 5) is 11.9. The van der Waals surface area contributed by atoms with Crippen LogP contribution in [0.3, 0.4) is 0 Å². The Morgan fingerprint density at radius 3 is 2.74 bits per heavy atom. The maximum atomic E-state index is 10.7. The molecule has 1 aliphatic carbocycles. The average molecular weight is 317 g/mol. The molecule has 0 aliphatic heterocycles. The van der Waals surface area contributed by atoms with E-state index in [1.807, 2.05) is 30.0 Å². The van der Waals surface area contributed by atoms with E-state index in [1.54, 1.807) is 11.8 Å². The maximum Gasteiger partial charge on any atom is 0.313 e. The molecule has 5 heteroatoms. The SMILES string of the molecule is O=C(O)CS[C@@H]1CCCC[C@H]1Sc1cccc(Cl)c1. The Bertz CT molecular complexity index is 439. The number of aliphatic carboxylic acids is 1. The van der Waals surface area contributed by atoms with Gasteiger partial charge in [0.25, 0.3) is 0 Å². The molecule has 1 fully saturated rings. The zero-order valence-electron chi connectivity index (χ0n) is 10.5. The van der Waals surface area contributed by atoms with Crippen LogP contribution in [-0.2, 0) is 4.79 Å². The minimum atomic E-state index is -0.720. The molecule has 1 aliphatic rings. The van der Waals surface area contributed by atoms with Crippen LogP contribution in [0.2, 0.25) is 5.02 Å². The number of hydrogen-bond acceptors (Lipinski definition) is 3. The van der Waals surface area contributed by atoms with E-state index in [0.29, 0.717) is 10.5 Å². The van der Waals surface area contributed by atoms with Gasteiger partial charge >= 0.3 is 5.97 Å². The molecule has 0 amide bonds. The highest BCUT2D eigenvalue weighted by molar-refractivity contribution is 8.04. The van der Waals surface area contributed by atoms with Gasteiger partial charge in [-0.05, 0) is 31.0 Å². The highest BCUT2D eigenvalue weighted by Gasteiger charge is 2.27. The highest BCUT2D eigenvalue weighted by atomic mass is 35.5. The largest absolute Gasteiger partial charge is 0.481 e. The Balaban J connectivity index is 1.97. The van der Waals surface area contributed by atoms with Crippen LogP contribution in [0.5, 0.6) is 0 Å². The Kier molecular flexibility index (Phi) is 5.92. The second-order valence-corrected chi connectivity index (χ2v) is 7.62. The van der Waals surface area contributed by atoms with Crippen LogP contribution in [0.25, 0.3) is 0 Å². The molecule has 0 aromatic heterocycles. The number of carboxylic acid groups (broad SMARTS) is 1. The number of carboxylic acids is 1. The molecule has 2 rings (SSSR count). The van der Waals surface area contributed by atoms with Crippen LogP contribution in [0.4, 0.5) is 0 Å². The summed E-state index contributed by atoms with van der Waals surface area (Å²) in [6, 6.07) is 7.90. The van der Waals surface area contributed by atoms with Crippen molar-refractivity contribution in [1.82, 2.24) is 0 Å². The minimum Gasteiger partial charge on any atom is -0.481 e. The molecule has 1 aromatic carbocycles. The van der Waals surface area contributed by atoms with Crippen molar-refractivity contribution in [2.45, 2.75) is 41.1 Å². The van der Waals surface area contributed by atoms with Gasteiger partial charge in [0.15, 0.2) is 0 Å². The van der Waals surface area contributed by atoms with E-state index in [9.17, 15) is 4.79 Å². The number of carbonyl (C=O) groups is 1. The fraction of sp³-hybridized carbons (Fsp3) is 0.500. The Morgan fingerprint density at radius 2 is 2.05 bits per heavy atom. The van der Waals surface area contributed by atoms with Gasteiger partial charge < -0.3 is 5.11 Å². The fourth-order valence-electron chi connectivity index (χ4n) is 2.28. The first-order valence-electron chi connectivity index (χ1n) is 6.41. The lowest BCUT2D eigenvalue weighted by Crippen LogP contribution is -2.25. The van der Waals surface area contributed by atoms with E-state index in [1.165, 1.54) is 17.7 Å². The molecular formula is C14H17ClO2S2. The second kappa shape index (κ2) is 7.46. The molecule has 1 aromatic rings. The molecule has 1 N–H and O–H groups in total. The van der Waals surface area contributed by atoms with Crippen molar-refractivity contribution in [3.63, 3.8) is 0 Å². The molecule has 0 saturated heterocycles. The number of rotatable bonds is 5. The first kappa shape index (κ1) is 15.1. The summed E-state index contributed by atoms with van der Waals surface area (Å²) < 4.78 is 0. The van der Waals surface area contributed by atoms with Gasteiger partial charge in [0.1, 0.15) is 0 Å². The molecule has 0 spiro atoms. The molecule has 2 atom stereocenters. The van der Waals surface area contributed by atoms with Gasteiger partial charge in [0.05, 0.1) is 5.75 Å². The molecule has 1 saturated carbocycles. The molecule has 19 heavy (non-hydrogen) atoms. The van der Waals surface area contributed by atoms with Gasteiger partial charge in [-0.25, -0.2) is 0 Å². The molecule has 0 unspecified atom stereocenters. The molecule has 0 radical (unpaired) electrons. The summed E-state index contributed by atoms with van der Waals surface area (Å²) in [5.74, 6) is -0.515. The third-order valence-corrected chi connectivity index (χ3v) is 6.35. The lowest BCUT2D eigenvalue weighted by molar-refractivity contribution is -0.133. The van der Waals surface area contributed by atoms with E-state index in [2.05, 4.69) is 6.07 Å². The van der Waals surface area contributed by atoms with Crippen molar-refractivity contribution in [3.05, 3.63) is 29.3 Å². The van der Waals surface area contributed by atoms with Crippen molar-refractivity contribution in [2.75, 3.05) is 5.75 Å². The highest BCUT2D eigenvalue weighted by Crippen LogP contribution is 2.39. The lowest BCUT2D eigenvalue weighted by atomic mass is 10.00. The molecule has 0 bridgehead atoms. The van der Waals surface area contributed by atoms with Crippen LogP contribution in [0, 0.1) is 0 Å². The Morgan fingerprint density at radius 1 is 1.32 bits per heavy atom. The number of halogens is 1. The van der Waals surface area contributed by atoms with Crippen molar-refractivity contribution in [2.24, 2.45) is 0 Å². The lowest BCUT2D eigenvalue weighted by Gasteiger charge is -2.30. The third kappa shape index (κ3) is 4.93. The van der Waals surface area contributed by atoms with Gasteiger partial charge in [-0.2, -0.15) is 0 Å². The zero-order chi connectivity index (χ0) is 13.7. The minimum absolute atomic E-state index is 0.206. The summed E-state index contributed by atoms with van der Waals surface area (Å²) in [5.41, 5.74) is 0. The fourth-order valence-corrected chi connectivity index (χ4v) is 5.25. The standard InChI is InChI=1S/C14H17ClO2S2/c15-10-4-3-5-11(8-10)19-13-7-2-1-6-12(13)18-9-14(16)17/h3-5,8,12-13H,1-2,6-7,9H2,(H,16,17)/t12-,13-/m1/s1. The third-order valence-electron chi connectivity index (χ3n) is 3.15. The topological polar surface area (TPSA) is 37.3 Å². The normalized spacial score (nSPS) is 23.2. The van der Waals surface area contributed by atoms with E-state index >= 15 is 0 Å². The van der Waals surface area contributed by atoms with Crippen LogP contribution in [0.15, 0.2) is 29.2 Å². The zero-order valence-corrected chi connectivity index (χ0v) is 12.9. The van der Waals surface area contributed by atoms with E-state index in [4.69, 9.17) is 16.7 Å². The Labute approximate surface area is 127 Å². The predicted octanol–water partition coefficient (Wildman–Crippen LogP) is 4.56. The summed E-state index contributed by atoms with van der Waals surface area (Å²) in [7, 11) is 0. The van der Waals surface area contributed by atoms with Crippen molar-refractivity contribution < 1.29 is 9.90 Å². The van der Waals surface area contributed by atoms with E-state index in [-0.39, 0.29) is 5.75 Å². The summed E-state index contributed by atoms with van der Waals surface area (Å²) >= 11 is 9.43. The molecule has 0 heterocycles. The number of hydrogen-bond donors (Lipinski definition) is 1. The summed E-state index contributed by atoms with van der Waals surface area (Å²) in [6.07, 6.45) is 4.73. The van der Waals surface area contributed by atoms with Crippen molar-refractivity contribution in [3.8, 4) is 0 Å². The average Bonchev–Trinajstić information content (AvgIpc) is 2.38. The molecule has 104 valence electrons. The quantitative estimate of drug-likeness (QED) is 0.864. The van der Waals surface area contributed by atoms with Gasteiger partial charge in [0.2, 0.25) is 0 Å². The summed E-state index contributed by atoms with van der Waals surface area (Å²) in [5, 5.41) is 10.5. The van der Waals surface area contributed by atoms with Crippen LogP contribution in [-0.4, -0.2) is 27.3 Å². The van der Waals surface area contributed by atoms with Crippen LogP contribution < -0.4 is 0 Å². The second-order valence-electron chi connectivity index (χ2n) is 4.64. The van der Waals surface area contributed by atoms with Crippen molar-refractivity contribution in [1.29, 1.82) is 0 Å². The molecule has 2 nitrogen and oxygen atoms in total. The smallest absolute Gasteiger partial charge is 0.313 e. The number of benzene rings is 1. The van der Waals surface area contributed by atoms with Gasteiger partial charge in [-0.1, -0.05) is 30.5 Å². The van der Waals surface area contributed by atoms with Crippen LogP contribution in [0.1, 0.15) is 25.7 Å².